The third-order valence-electron chi connectivity index (χ3n) is 4.78. The number of hydrogen-bond acceptors (Lipinski definition) is 3. The van der Waals surface area contributed by atoms with Gasteiger partial charge in [-0.2, -0.15) is 24.9 Å². The first-order valence-electron chi connectivity index (χ1n) is 9.39. The van der Waals surface area contributed by atoms with Crippen molar-refractivity contribution in [1.29, 1.82) is 0 Å². The molecule has 2 aliphatic rings. The lowest BCUT2D eigenvalue weighted by Gasteiger charge is -2.32. The Morgan fingerprint density at radius 2 is 1.92 bits per heavy atom. The average molecular weight is 508 g/mol. The monoisotopic (exact) mass is 508 g/mol. The average Bonchev–Trinajstić information content (AvgIpc) is 3.06. The minimum Gasteiger partial charge on any atom is -0.357 e. The van der Waals surface area contributed by atoms with E-state index in [-0.39, 0.29) is 24.0 Å². The summed E-state index contributed by atoms with van der Waals surface area (Å²) in [6.07, 6.45) is 1.16. The van der Waals surface area contributed by atoms with Crippen LogP contribution in [0.1, 0.15) is 39.0 Å². The van der Waals surface area contributed by atoms with E-state index >= 15 is 0 Å². The van der Waals surface area contributed by atoms with E-state index in [4.69, 9.17) is 0 Å². The molecule has 2 aliphatic heterocycles. The lowest BCUT2D eigenvalue weighted by molar-refractivity contribution is -0.148. The van der Waals surface area contributed by atoms with E-state index in [1.54, 1.807) is 0 Å². The number of guanidine groups is 1. The van der Waals surface area contributed by atoms with Crippen LogP contribution in [-0.2, 0) is 0 Å². The van der Waals surface area contributed by atoms with Gasteiger partial charge in [0, 0.05) is 18.3 Å². The lowest BCUT2D eigenvalue weighted by atomic mass is 9.93. The molecule has 4 nitrogen and oxygen atoms in total. The van der Waals surface area contributed by atoms with Gasteiger partial charge >= 0.3 is 6.18 Å². The highest BCUT2D eigenvalue weighted by atomic mass is 127. The Labute approximate surface area is 176 Å². The van der Waals surface area contributed by atoms with E-state index < -0.39 is 12.7 Å². The zero-order chi connectivity index (χ0) is 18.1. The van der Waals surface area contributed by atoms with Gasteiger partial charge in [0.05, 0.1) is 13.1 Å². The Morgan fingerprint density at radius 1 is 1.19 bits per heavy atom. The standard InChI is InChI=1S/C17H31F3N4S.HI/c1-2-21-16(23-12-15-4-3-11-25-15)22-8-5-14-6-9-24(10-7-14)13-17(18,19)20;/h14-15H,2-13H2,1H3,(H2,21,22,23);1H. The number of thioether (sulfide) groups is 1. The summed E-state index contributed by atoms with van der Waals surface area (Å²) in [6.45, 7) is 4.91. The summed E-state index contributed by atoms with van der Waals surface area (Å²) in [7, 11) is 0. The Morgan fingerprint density at radius 3 is 2.50 bits per heavy atom. The summed E-state index contributed by atoms with van der Waals surface area (Å²) in [5.74, 6) is 2.62. The molecule has 0 aromatic carbocycles. The Bertz CT molecular complexity index is 409. The lowest BCUT2D eigenvalue weighted by Crippen LogP contribution is -2.41. The molecule has 2 heterocycles. The highest BCUT2D eigenvalue weighted by Gasteiger charge is 2.32. The van der Waals surface area contributed by atoms with Gasteiger partial charge in [-0.15, -0.1) is 24.0 Å². The summed E-state index contributed by atoms with van der Waals surface area (Å²) in [5, 5.41) is 7.30. The van der Waals surface area contributed by atoms with Crippen LogP contribution in [-0.4, -0.2) is 67.3 Å². The van der Waals surface area contributed by atoms with E-state index in [0.29, 0.717) is 24.3 Å². The van der Waals surface area contributed by atoms with Crippen LogP contribution in [0.4, 0.5) is 13.2 Å². The minimum absolute atomic E-state index is 0. The normalized spacial score (nSPS) is 22.9. The quantitative estimate of drug-likeness (QED) is 0.313. The van der Waals surface area contributed by atoms with Gasteiger partial charge in [-0.1, -0.05) is 0 Å². The van der Waals surface area contributed by atoms with E-state index in [9.17, 15) is 13.2 Å². The molecule has 0 spiro atoms. The maximum Gasteiger partial charge on any atom is 0.401 e. The Hall–Kier alpha value is 0.1000. The first-order valence-corrected chi connectivity index (χ1v) is 10.4. The number of alkyl halides is 3. The van der Waals surface area contributed by atoms with Crippen molar-refractivity contribution in [2.45, 2.75) is 50.5 Å². The maximum atomic E-state index is 12.4. The summed E-state index contributed by atoms with van der Waals surface area (Å²) in [4.78, 5) is 6.19. The van der Waals surface area contributed by atoms with Crippen molar-refractivity contribution in [2.75, 3.05) is 45.0 Å². The van der Waals surface area contributed by atoms with Crippen molar-refractivity contribution in [3.63, 3.8) is 0 Å². The molecule has 2 fully saturated rings. The number of nitrogens with one attached hydrogen (secondary N) is 2. The zero-order valence-corrected chi connectivity index (χ0v) is 18.6. The number of halogens is 4. The van der Waals surface area contributed by atoms with Crippen LogP contribution in [0.3, 0.4) is 0 Å². The van der Waals surface area contributed by atoms with Crippen molar-refractivity contribution in [1.82, 2.24) is 15.5 Å². The van der Waals surface area contributed by atoms with Crippen molar-refractivity contribution in [3.05, 3.63) is 0 Å². The van der Waals surface area contributed by atoms with Gasteiger partial charge in [0.1, 0.15) is 0 Å². The number of nitrogens with zero attached hydrogens (tertiary/aromatic N) is 2. The summed E-state index contributed by atoms with van der Waals surface area (Å²) < 4.78 is 37.2. The summed E-state index contributed by atoms with van der Waals surface area (Å²) in [5.41, 5.74) is 0. The first-order chi connectivity index (χ1) is 12.0. The van der Waals surface area contributed by atoms with Gasteiger partial charge in [-0.25, -0.2) is 0 Å². The van der Waals surface area contributed by atoms with Gasteiger partial charge in [-0.3, -0.25) is 9.89 Å². The van der Waals surface area contributed by atoms with Crippen molar-refractivity contribution in [2.24, 2.45) is 10.9 Å². The van der Waals surface area contributed by atoms with Crippen molar-refractivity contribution < 1.29 is 13.2 Å². The van der Waals surface area contributed by atoms with Crippen LogP contribution in [0.15, 0.2) is 4.99 Å². The number of aliphatic imine (C=N–C) groups is 1. The summed E-state index contributed by atoms with van der Waals surface area (Å²) in [6, 6.07) is 0. The topological polar surface area (TPSA) is 39.7 Å². The number of likely N-dealkylation sites (tertiary alicyclic amines) is 1. The predicted molar refractivity (Wildman–Crippen MR) is 115 cm³/mol. The summed E-state index contributed by atoms with van der Waals surface area (Å²) >= 11 is 2.01. The molecule has 0 radical (unpaired) electrons. The van der Waals surface area contributed by atoms with Crippen LogP contribution in [0.2, 0.25) is 0 Å². The maximum absolute atomic E-state index is 12.4. The van der Waals surface area contributed by atoms with Crippen LogP contribution in [0.25, 0.3) is 0 Å². The molecular formula is C17H32F3IN4S. The second kappa shape index (κ2) is 12.5. The van der Waals surface area contributed by atoms with Gasteiger partial charge in [0.15, 0.2) is 5.96 Å². The Kier molecular flexibility index (Phi) is 11.6. The molecule has 154 valence electrons. The molecule has 1 unspecified atom stereocenters. The second-order valence-corrected chi connectivity index (χ2v) is 8.31. The second-order valence-electron chi connectivity index (χ2n) is 6.90. The first kappa shape index (κ1) is 24.1. The third-order valence-corrected chi connectivity index (χ3v) is 6.16. The van der Waals surface area contributed by atoms with Gasteiger partial charge in [0.2, 0.25) is 0 Å². The van der Waals surface area contributed by atoms with E-state index in [1.807, 2.05) is 11.8 Å². The molecule has 0 bridgehead atoms. The van der Waals surface area contributed by atoms with Gasteiger partial charge < -0.3 is 10.6 Å². The fourth-order valence-electron chi connectivity index (χ4n) is 3.40. The van der Waals surface area contributed by atoms with Crippen molar-refractivity contribution in [3.8, 4) is 0 Å². The Balaban J connectivity index is 0.00000338. The molecule has 2 rings (SSSR count). The van der Waals surface area contributed by atoms with Gasteiger partial charge in [-0.05, 0) is 63.8 Å². The number of hydrogen-bond donors (Lipinski definition) is 2. The molecular weight excluding hydrogens is 476 g/mol. The van der Waals surface area contributed by atoms with Gasteiger partial charge in [0.25, 0.3) is 0 Å². The van der Waals surface area contributed by atoms with Crippen LogP contribution < -0.4 is 10.6 Å². The molecule has 26 heavy (non-hydrogen) atoms. The minimum atomic E-state index is -4.08. The molecule has 0 saturated carbocycles. The third kappa shape index (κ3) is 9.87. The number of rotatable bonds is 7. The van der Waals surface area contributed by atoms with Crippen molar-refractivity contribution >= 4 is 41.7 Å². The predicted octanol–water partition coefficient (Wildman–Crippen LogP) is 3.72. The van der Waals surface area contributed by atoms with Crippen LogP contribution in [0.5, 0.6) is 0 Å². The molecule has 2 saturated heterocycles. The number of piperidine rings is 1. The highest BCUT2D eigenvalue weighted by Crippen LogP contribution is 2.26. The smallest absolute Gasteiger partial charge is 0.357 e. The largest absolute Gasteiger partial charge is 0.401 e. The van der Waals surface area contributed by atoms with E-state index in [0.717, 1.165) is 44.9 Å². The van der Waals surface area contributed by atoms with E-state index in [2.05, 4.69) is 22.5 Å². The van der Waals surface area contributed by atoms with Crippen LogP contribution >= 0.6 is 35.7 Å². The SMILES string of the molecule is CCNC(=NCC1CCCS1)NCCC1CCN(CC(F)(F)F)CC1.I. The molecule has 9 heteroatoms. The molecule has 1 atom stereocenters. The fraction of sp³-hybridized carbons (Fsp3) is 0.941. The molecule has 0 amide bonds. The molecule has 0 aromatic rings. The molecule has 0 aliphatic carbocycles. The highest BCUT2D eigenvalue weighted by molar-refractivity contribution is 14.0. The zero-order valence-electron chi connectivity index (χ0n) is 15.5. The van der Waals surface area contributed by atoms with Crippen LogP contribution in [0, 0.1) is 5.92 Å². The molecule has 0 aromatic heterocycles. The fourth-order valence-corrected chi connectivity index (χ4v) is 4.58. The molecule has 2 N–H and O–H groups in total. The van der Waals surface area contributed by atoms with E-state index in [1.165, 1.54) is 23.5 Å².